The van der Waals surface area contributed by atoms with E-state index in [1.807, 2.05) is 0 Å². The molecule has 0 saturated heterocycles. The molecule has 6 aromatic carbocycles. The zero-order chi connectivity index (χ0) is 30.1. The highest BCUT2D eigenvalue weighted by Gasteiger charge is 2.37. The Morgan fingerprint density at radius 3 is 0.841 bits per heavy atom. The van der Waals surface area contributed by atoms with Crippen molar-refractivity contribution < 1.29 is 0 Å². The zero-order valence-electron chi connectivity index (χ0n) is 25.8. The highest BCUT2D eigenvalue weighted by molar-refractivity contribution is 5.88. The van der Waals surface area contributed by atoms with E-state index in [2.05, 4.69) is 183 Å². The number of hydrogen-bond acceptors (Lipinski definition) is 2. The lowest BCUT2D eigenvalue weighted by Gasteiger charge is -2.42. The molecular formula is C42H36N2. The van der Waals surface area contributed by atoms with Gasteiger partial charge in [0.1, 0.15) is 0 Å². The summed E-state index contributed by atoms with van der Waals surface area (Å²) in [5.74, 6) is 0. The number of hydrogen-bond donors (Lipinski definition) is 0. The molecule has 0 aliphatic carbocycles. The lowest BCUT2D eigenvalue weighted by Crippen LogP contribution is -2.30. The monoisotopic (exact) mass is 568 g/mol. The number of anilines is 6. The molecule has 0 bridgehead atoms. The molecule has 6 aromatic rings. The average Bonchev–Trinajstić information content (AvgIpc) is 3.06. The van der Waals surface area contributed by atoms with Crippen molar-refractivity contribution in [2.45, 2.75) is 38.5 Å². The number of para-hydroxylation sites is 4. The van der Waals surface area contributed by atoms with Crippen molar-refractivity contribution in [3.8, 4) is 11.1 Å². The molecule has 2 nitrogen and oxygen atoms in total. The minimum absolute atomic E-state index is 0.0590. The third-order valence-electron chi connectivity index (χ3n) is 9.86. The number of nitrogens with zero attached hydrogens (tertiary/aromatic N) is 2. The Hall–Kier alpha value is -5.08. The SMILES string of the molecule is CC1(C)c2ccccc2N(c2ccc(-c3ccc(N4c5ccccc5C(C)(C)c5ccccc54)cc3)cc2)c2ccccc21. The summed E-state index contributed by atoms with van der Waals surface area (Å²) < 4.78 is 0. The second kappa shape index (κ2) is 9.72. The first-order valence-electron chi connectivity index (χ1n) is 15.5. The molecule has 2 aliphatic heterocycles. The van der Waals surface area contributed by atoms with Crippen LogP contribution in [-0.2, 0) is 10.8 Å². The van der Waals surface area contributed by atoms with Gasteiger partial charge in [0.2, 0.25) is 0 Å². The van der Waals surface area contributed by atoms with E-state index in [9.17, 15) is 0 Å². The summed E-state index contributed by atoms with van der Waals surface area (Å²) in [6.07, 6.45) is 0. The van der Waals surface area contributed by atoms with Crippen LogP contribution >= 0.6 is 0 Å². The van der Waals surface area contributed by atoms with Gasteiger partial charge in [-0.15, -0.1) is 0 Å². The second-order valence-electron chi connectivity index (χ2n) is 13.1. The lowest BCUT2D eigenvalue weighted by molar-refractivity contribution is 0.631. The van der Waals surface area contributed by atoms with E-state index in [4.69, 9.17) is 0 Å². The maximum Gasteiger partial charge on any atom is 0.0502 e. The summed E-state index contributed by atoms with van der Waals surface area (Å²) in [6.45, 7) is 9.32. The predicted molar refractivity (Wildman–Crippen MR) is 185 cm³/mol. The summed E-state index contributed by atoms with van der Waals surface area (Å²) in [5.41, 5.74) is 15.0. The molecule has 0 N–H and O–H groups in total. The minimum Gasteiger partial charge on any atom is -0.310 e. The van der Waals surface area contributed by atoms with Gasteiger partial charge in [-0.1, -0.05) is 125 Å². The van der Waals surface area contributed by atoms with Crippen molar-refractivity contribution >= 4 is 34.1 Å². The van der Waals surface area contributed by atoms with Gasteiger partial charge in [-0.2, -0.15) is 0 Å². The molecule has 0 atom stereocenters. The Morgan fingerprint density at radius 1 is 0.318 bits per heavy atom. The van der Waals surface area contributed by atoms with Crippen LogP contribution < -0.4 is 9.80 Å². The molecule has 0 aromatic heterocycles. The molecule has 0 radical (unpaired) electrons. The van der Waals surface area contributed by atoms with Crippen molar-refractivity contribution in [2.75, 3.05) is 9.80 Å². The molecule has 214 valence electrons. The summed E-state index contributed by atoms with van der Waals surface area (Å²) in [5, 5.41) is 0. The van der Waals surface area contributed by atoms with E-state index in [1.165, 1.54) is 67.5 Å². The van der Waals surface area contributed by atoms with Crippen LogP contribution in [0.1, 0.15) is 49.9 Å². The van der Waals surface area contributed by atoms with Crippen LogP contribution in [0.4, 0.5) is 34.1 Å². The molecule has 2 aliphatic rings. The van der Waals surface area contributed by atoms with Crippen molar-refractivity contribution in [1.82, 2.24) is 0 Å². The fourth-order valence-corrected chi connectivity index (χ4v) is 7.50. The van der Waals surface area contributed by atoms with Gasteiger partial charge in [-0.25, -0.2) is 0 Å². The smallest absolute Gasteiger partial charge is 0.0502 e. The zero-order valence-corrected chi connectivity index (χ0v) is 25.8. The number of rotatable bonds is 3. The quantitative estimate of drug-likeness (QED) is 0.209. The first kappa shape index (κ1) is 26.5. The molecule has 0 saturated carbocycles. The summed E-state index contributed by atoms with van der Waals surface area (Å²) in [4.78, 5) is 4.82. The van der Waals surface area contributed by atoms with Crippen molar-refractivity contribution in [1.29, 1.82) is 0 Å². The first-order valence-corrected chi connectivity index (χ1v) is 15.5. The number of benzene rings is 6. The Morgan fingerprint density at radius 2 is 0.568 bits per heavy atom. The molecule has 2 heterocycles. The van der Waals surface area contributed by atoms with Gasteiger partial charge in [-0.3, -0.25) is 0 Å². The first-order chi connectivity index (χ1) is 21.4. The summed E-state index contributed by atoms with van der Waals surface area (Å²) in [7, 11) is 0. The molecule has 0 fully saturated rings. The van der Waals surface area contributed by atoms with E-state index in [0.29, 0.717) is 0 Å². The molecule has 0 unspecified atom stereocenters. The van der Waals surface area contributed by atoms with Crippen molar-refractivity contribution in [3.63, 3.8) is 0 Å². The van der Waals surface area contributed by atoms with E-state index in [-0.39, 0.29) is 10.8 Å². The van der Waals surface area contributed by atoms with Crippen LogP contribution in [0.5, 0.6) is 0 Å². The van der Waals surface area contributed by atoms with Gasteiger partial charge < -0.3 is 9.80 Å². The van der Waals surface area contributed by atoms with E-state index in [0.717, 1.165) is 0 Å². The highest BCUT2D eigenvalue weighted by Crippen LogP contribution is 2.53. The van der Waals surface area contributed by atoms with Crippen LogP contribution in [0, 0.1) is 0 Å². The lowest BCUT2D eigenvalue weighted by atomic mass is 9.73. The van der Waals surface area contributed by atoms with Crippen LogP contribution in [0.25, 0.3) is 11.1 Å². The molecule has 44 heavy (non-hydrogen) atoms. The van der Waals surface area contributed by atoms with Gasteiger partial charge >= 0.3 is 0 Å². The minimum atomic E-state index is -0.0590. The van der Waals surface area contributed by atoms with Crippen LogP contribution in [0.2, 0.25) is 0 Å². The van der Waals surface area contributed by atoms with E-state index < -0.39 is 0 Å². The van der Waals surface area contributed by atoms with Gasteiger partial charge in [0.15, 0.2) is 0 Å². The van der Waals surface area contributed by atoms with Crippen LogP contribution in [0.15, 0.2) is 146 Å². The van der Waals surface area contributed by atoms with Crippen molar-refractivity contribution in [2.24, 2.45) is 0 Å². The largest absolute Gasteiger partial charge is 0.310 e. The van der Waals surface area contributed by atoms with Gasteiger partial charge in [0.25, 0.3) is 0 Å². The van der Waals surface area contributed by atoms with E-state index in [1.54, 1.807) is 0 Å². The molecule has 8 rings (SSSR count). The van der Waals surface area contributed by atoms with Crippen LogP contribution in [0.3, 0.4) is 0 Å². The van der Waals surface area contributed by atoms with Gasteiger partial charge in [0, 0.05) is 22.2 Å². The van der Waals surface area contributed by atoms with Gasteiger partial charge in [-0.05, 0) is 81.9 Å². The fraction of sp³-hybridized carbons (Fsp3) is 0.143. The molecule has 0 amide bonds. The maximum absolute atomic E-state index is 2.41. The normalized spacial score (nSPS) is 15.5. The summed E-state index contributed by atoms with van der Waals surface area (Å²) in [6, 6.07) is 53.3. The standard InChI is InChI=1S/C42H36N2/c1-41(2)33-13-5-9-17-37(33)43(38-18-10-6-14-34(38)41)31-25-21-29(22-26-31)30-23-27-32(28-24-30)44-39-19-11-7-15-35(39)42(3,4)36-16-8-12-20-40(36)44/h5-28H,1-4H3. The maximum atomic E-state index is 2.41. The highest BCUT2D eigenvalue weighted by atomic mass is 15.2. The van der Waals surface area contributed by atoms with Gasteiger partial charge in [0.05, 0.1) is 22.7 Å². The molecule has 0 spiro atoms. The molecule has 2 heteroatoms. The Kier molecular flexibility index (Phi) is 5.86. The predicted octanol–water partition coefficient (Wildman–Crippen LogP) is 11.6. The van der Waals surface area contributed by atoms with Crippen LogP contribution in [-0.4, -0.2) is 0 Å². The average molecular weight is 569 g/mol. The van der Waals surface area contributed by atoms with E-state index >= 15 is 0 Å². The Bertz CT molecular complexity index is 1770. The topological polar surface area (TPSA) is 6.48 Å². The Balaban J connectivity index is 1.15. The fourth-order valence-electron chi connectivity index (χ4n) is 7.50. The third kappa shape index (κ3) is 3.87. The van der Waals surface area contributed by atoms with Crippen molar-refractivity contribution in [3.05, 3.63) is 168 Å². The second-order valence-corrected chi connectivity index (χ2v) is 13.1. The summed E-state index contributed by atoms with van der Waals surface area (Å²) >= 11 is 0. The molecular weight excluding hydrogens is 532 g/mol. The number of fused-ring (bicyclic) bond motifs is 4. The Labute approximate surface area is 260 Å². The third-order valence-corrected chi connectivity index (χ3v) is 9.86.